The fourth-order valence-electron chi connectivity index (χ4n) is 1.96. The van der Waals surface area contributed by atoms with Crippen LogP contribution in [0.15, 0.2) is 34.8 Å². The predicted octanol–water partition coefficient (Wildman–Crippen LogP) is 5.39. The Morgan fingerprint density at radius 1 is 1.18 bits per heavy atom. The van der Waals surface area contributed by atoms with E-state index in [4.69, 9.17) is 27.9 Å². The van der Waals surface area contributed by atoms with Gasteiger partial charge in [-0.25, -0.2) is 0 Å². The van der Waals surface area contributed by atoms with Gasteiger partial charge in [-0.3, -0.25) is 4.79 Å². The first-order valence-corrected chi connectivity index (χ1v) is 8.06. The van der Waals surface area contributed by atoms with E-state index >= 15 is 0 Å². The van der Waals surface area contributed by atoms with Gasteiger partial charge in [-0.05, 0) is 55.3 Å². The molecule has 0 aliphatic rings. The van der Waals surface area contributed by atoms with Crippen LogP contribution in [0.3, 0.4) is 0 Å². The molecule has 0 atom stereocenters. The maximum Gasteiger partial charge on any atom is 0.262 e. The summed E-state index contributed by atoms with van der Waals surface area (Å²) < 4.78 is 6.47. The fraction of sp³-hybridized carbons (Fsp3) is 0.188. The Morgan fingerprint density at radius 2 is 1.91 bits per heavy atom. The first-order chi connectivity index (χ1) is 10.4. The van der Waals surface area contributed by atoms with Gasteiger partial charge in [0.05, 0.1) is 5.02 Å². The fourth-order valence-corrected chi connectivity index (χ4v) is 3.09. The number of ether oxygens (including phenoxy) is 1. The molecule has 3 nitrogen and oxygen atoms in total. The third-order valence-corrected chi connectivity index (χ3v) is 4.00. The summed E-state index contributed by atoms with van der Waals surface area (Å²) in [5.74, 6) is 0.213. The largest absolute Gasteiger partial charge is 0.482 e. The number of anilines is 1. The average Bonchev–Trinajstić information content (AvgIpc) is 2.40. The van der Waals surface area contributed by atoms with Crippen LogP contribution in [0.4, 0.5) is 5.69 Å². The van der Waals surface area contributed by atoms with Gasteiger partial charge in [-0.2, -0.15) is 0 Å². The van der Waals surface area contributed by atoms with Crippen LogP contribution in [0, 0.1) is 13.8 Å². The topological polar surface area (TPSA) is 38.3 Å². The van der Waals surface area contributed by atoms with Crippen molar-refractivity contribution in [3.8, 4) is 5.75 Å². The highest BCUT2D eigenvalue weighted by Gasteiger charge is 2.11. The number of carbonyl (C=O) groups is 1. The van der Waals surface area contributed by atoms with Crippen LogP contribution < -0.4 is 10.1 Å². The van der Waals surface area contributed by atoms with Crippen molar-refractivity contribution >= 4 is 50.7 Å². The molecule has 0 unspecified atom stereocenters. The van der Waals surface area contributed by atoms with E-state index in [1.807, 2.05) is 32.0 Å². The maximum absolute atomic E-state index is 12.0. The van der Waals surface area contributed by atoms with Crippen LogP contribution in [0.5, 0.6) is 5.75 Å². The number of rotatable bonds is 4. The van der Waals surface area contributed by atoms with Crippen LogP contribution in [0.1, 0.15) is 11.1 Å². The summed E-state index contributed by atoms with van der Waals surface area (Å²) in [4.78, 5) is 12.0. The number of carbonyl (C=O) groups excluding carboxylic acids is 1. The molecule has 0 aliphatic carbocycles. The predicted molar refractivity (Wildman–Crippen MR) is 94.2 cm³/mol. The molecular weight excluding hydrogens is 389 g/mol. The van der Waals surface area contributed by atoms with Crippen molar-refractivity contribution in [3.63, 3.8) is 0 Å². The van der Waals surface area contributed by atoms with Gasteiger partial charge in [0, 0.05) is 15.2 Å². The zero-order chi connectivity index (χ0) is 16.3. The molecule has 2 aromatic rings. The number of amides is 1. The molecule has 0 spiro atoms. The Morgan fingerprint density at radius 3 is 2.55 bits per heavy atom. The van der Waals surface area contributed by atoms with E-state index in [0.29, 0.717) is 15.8 Å². The highest BCUT2D eigenvalue weighted by Crippen LogP contribution is 2.31. The Kier molecular flexibility index (Phi) is 5.73. The number of aryl methyl sites for hydroxylation is 2. The minimum absolute atomic E-state index is 0.127. The Bertz CT molecular complexity index is 696. The zero-order valence-electron chi connectivity index (χ0n) is 12.0. The summed E-state index contributed by atoms with van der Waals surface area (Å²) >= 11 is 15.4. The Labute approximate surface area is 147 Å². The number of hydrogen-bond acceptors (Lipinski definition) is 2. The highest BCUT2D eigenvalue weighted by atomic mass is 79.9. The van der Waals surface area contributed by atoms with Gasteiger partial charge < -0.3 is 10.1 Å². The van der Waals surface area contributed by atoms with Crippen LogP contribution >= 0.6 is 39.1 Å². The summed E-state index contributed by atoms with van der Waals surface area (Å²) in [5.41, 5.74) is 2.49. The lowest BCUT2D eigenvalue weighted by molar-refractivity contribution is -0.118. The number of halogens is 3. The summed E-state index contributed by atoms with van der Waals surface area (Å²) in [6.45, 7) is 3.61. The minimum Gasteiger partial charge on any atom is -0.482 e. The van der Waals surface area contributed by atoms with Crippen molar-refractivity contribution in [1.82, 2.24) is 0 Å². The summed E-state index contributed by atoms with van der Waals surface area (Å²) in [5, 5.41) is 3.72. The number of hydrogen-bond donors (Lipinski definition) is 1. The molecule has 1 amide bonds. The van der Waals surface area contributed by atoms with Gasteiger partial charge in [0.2, 0.25) is 0 Å². The second-order valence-electron chi connectivity index (χ2n) is 4.83. The third kappa shape index (κ3) is 4.38. The van der Waals surface area contributed by atoms with Crippen LogP contribution in [0.2, 0.25) is 10.0 Å². The van der Waals surface area contributed by atoms with E-state index in [9.17, 15) is 4.79 Å². The Hall–Kier alpha value is -1.23. The smallest absolute Gasteiger partial charge is 0.262 e. The van der Waals surface area contributed by atoms with E-state index in [-0.39, 0.29) is 12.5 Å². The molecule has 6 heteroatoms. The maximum atomic E-state index is 12.0. The average molecular weight is 403 g/mol. The van der Waals surface area contributed by atoms with E-state index in [2.05, 4.69) is 21.2 Å². The first-order valence-electron chi connectivity index (χ1n) is 6.51. The molecule has 2 rings (SSSR count). The Balaban J connectivity index is 2.02. The van der Waals surface area contributed by atoms with Gasteiger partial charge in [0.25, 0.3) is 5.91 Å². The van der Waals surface area contributed by atoms with E-state index in [1.54, 1.807) is 12.1 Å². The lowest BCUT2D eigenvalue weighted by Gasteiger charge is -2.12. The molecule has 2 aromatic carbocycles. The molecule has 0 radical (unpaired) electrons. The van der Waals surface area contributed by atoms with E-state index < -0.39 is 0 Å². The molecule has 0 heterocycles. The number of nitrogens with one attached hydrogen (secondary N) is 1. The molecule has 22 heavy (non-hydrogen) atoms. The molecule has 0 saturated heterocycles. The molecule has 0 aliphatic heterocycles. The van der Waals surface area contributed by atoms with Crippen LogP contribution in [-0.4, -0.2) is 12.5 Å². The molecule has 0 fully saturated rings. The molecular formula is C16H14BrCl2NO2. The van der Waals surface area contributed by atoms with E-state index in [1.165, 1.54) is 0 Å². The zero-order valence-corrected chi connectivity index (χ0v) is 15.1. The van der Waals surface area contributed by atoms with Crippen molar-refractivity contribution in [2.75, 3.05) is 11.9 Å². The van der Waals surface area contributed by atoms with Gasteiger partial charge >= 0.3 is 0 Å². The van der Waals surface area contributed by atoms with Crippen molar-refractivity contribution in [2.24, 2.45) is 0 Å². The van der Waals surface area contributed by atoms with Crippen LogP contribution in [0.25, 0.3) is 0 Å². The molecule has 0 bridgehead atoms. The first kappa shape index (κ1) is 17.1. The minimum atomic E-state index is -0.254. The summed E-state index contributed by atoms with van der Waals surface area (Å²) in [6.07, 6.45) is 0. The molecule has 1 N–H and O–H groups in total. The van der Waals surface area contributed by atoms with Gasteiger partial charge in [-0.1, -0.05) is 39.1 Å². The van der Waals surface area contributed by atoms with Crippen molar-refractivity contribution in [3.05, 3.63) is 56.0 Å². The van der Waals surface area contributed by atoms with Crippen molar-refractivity contribution in [1.29, 1.82) is 0 Å². The SMILES string of the molecule is Cc1cc(Br)ccc1NC(=O)COc1c(C)cc(Cl)cc1Cl. The number of benzene rings is 2. The van der Waals surface area contributed by atoms with Crippen LogP contribution in [-0.2, 0) is 4.79 Å². The monoisotopic (exact) mass is 401 g/mol. The van der Waals surface area contributed by atoms with Gasteiger partial charge in [0.1, 0.15) is 5.75 Å². The molecule has 0 saturated carbocycles. The highest BCUT2D eigenvalue weighted by molar-refractivity contribution is 9.10. The molecule has 116 valence electrons. The second-order valence-corrected chi connectivity index (χ2v) is 6.59. The summed E-state index contributed by atoms with van der Waals surface area (Å²) in [6, 6.07) is 8.94. The molecule has 0 aromatic heterocycles. The normalized spacial score (nSPS) is 10.4. The van der Waals surface area contributed by atoms with Crippen molar-refractivity contribution in [2.45, 2.75) is 13.8 Å². The van der Waals surface area contributed by atoms with Gasteiger partial charge in [-0.15, -0.1) is 0 Å². The van der Waals surface area contributed by atoms with Crippen molar-refractivity contribution < 1.29 is 9.53 Å². The van der Waals surface area contributed by atoms with Gasteiger partial charge in [0.15, 0.2) is 6.61 Å². The second kappa shape index (κ2) is 7.36. The third-order valence-electron chi connectivity index (χ3n) is 3.00. The lowest BCUT2D eigenvalue weighted by Crippen LogP contribution is -2.21. The lowest BCUT2D eigenvalue weighted by atomic mass is 10.2. The van der Waals surface area contributed by atoms with E-state index in [0.717, 1.165) is 21.3 Å². The standard InChI is InChI=1S/C16H14BrCl2NO2/c1-9-5-11(17)3-4-14(9)20-15(21)8-22-16-10(2)6-12(18)7-13(16)19/h3-7H,8H2,1-2H3,(H,20,21). The summed E-state index contributed by atoms with van der Waals surface area (Å²) in [7, 11) is 0. The quantitative estimate of drug-likeness (QED) is 0.744.